The molecule has 96 valence electrons. The molecule has 0 aliphatic rings. The van der Waals surface area contributed by atoms with Crippen LogP contribution in [0.4, 0.5) is 0 Å². The van der Waals surface area contributed by atoms with Crippen molar-refractivity contribution in [2.24, 2.45) is 0 Å². The Morgan fingerprint density at radius 1 is 1.39 bits per heavy atom. The summed E-state index contributed by atoms with van der Waals surface area (Å²) in [6.45, 7) is 1.95. The number of benzene rings is 1. The van der Waals surface area contributed by atoms with Crippen molar-refractivity contribution in [3.8, 4) is 6.07 Å². The summed E-state index contributed by atoms with van der Waals surface area (Å²) < 4.78 is 0. The predicted molar refractivity (Wildman–Crippen MR) is 75.4 cm³/mol. The largest absolute Gasteiger partial charge is 0.350 e. The first kappa shape index (κ1) is 14.7. The molecular formula is C14H17BrN2O. The van der Waals surface area contributed by atoms with Gasteiger partial charge < -0.3 is 5.32 Å². The van der Waals surface area contributed by atoms with Gasteiger partial charge in [-0.25, -0.2) is 0 Å². The van der Waals surface area contributed by atoms with Gasteiger partial charge >= 0.3 is 0 Å². The topological polar surface area (TPSA) is 52.9 Å². The number of hydrogen-bond acceptors (Lipinski definition) is 2. The number of carbonyl (C=O) groups is 1. The first-order valence-electron chi connectivity index (χ1n) is 6.02. The highest BCUT2D eigenvalue weighted by Crippen LogP contribution is 2.13. The molecule has 4 heteroatoms. The summed E-state index contributed by atoms with van der Waals surface area (Å²) in [5, 5.41) is 12.6. The molecule has 18 heavy (non-hydrogen) atoms. The molecule has 0 aliphatic carbocycles. The molecule has 0 fully saturated rings. The molecule has 0 radical (unpaired) electrons. The third kappa shape index (κ3) is 4.89. The number of alkyl halides is 1. The fraction of sp³-hybridized carbons (Fsp3) is 0.429. The molecule has 0 bridgehead atoms. The minimum absolute atomic E-state index is 0.0192. The van der Waals surface area contributed by atoms with Gasteiger partial charge in [0.2, 0.25) is 5.91 Å². The quantitative estimate of drug-likeness (QED) is 0.647. The predicted octanol–water partition coefficient (Wildman–Crippen LogP) is 3.30. The van der Waals surface area contributed by atoms with E-state index in [2.05, 4.69) is 27.3 Å². The van der Waals surface area contributed by atoms with E-state index < -0.39 is 0 Å². The molecule has 1 atom stereocenters. The van der Waals surface area contributed by atoms with Gasteiger partial charge in [0.15, 0.2) is 0 Å². The van der Waals surface area contributed by atoms with Crippen LogP contribution in [0.2, 0.25) is 0 Å². The molecule has 3 nitrogen and oxygen atoms in total. The van der Waals surface area contributed by atoms with Crippen LogP contribution in [0.15, 0.2) is 24.3 Å². The van der Waals surface area contributed by atoms with Gasteiger partial charge in [-0.3, -0.25) is 4.79 Å². The lowest BCUT2D eigenvalue weighted by Crippen LogP contribution is -2.26. The Kier molecular flexibility index (Phi) is 6.45. The van der Waals surface area contributed by atoms with E-state index in [4.69, 9.17) is 5.26 Å². The van der Waals surface area contributed by atoms with Crippen molar-refractivity contribution in [2.75, 3.05) is 5.33 Å². The Bertz CT molecular complexity index is 422. The average Bonchev–Trinajstić information content (AvgIpc) is 2.39. The second-order valence-corrected chi connectivity index (χ2v) is 4.96. The van der Waals surface area contributed by atoms with Crippen molar-refractivity contribution in [1.82, 2.24) is 5.32 Å². The number of nitriles is 1. The van der Waals surface area contributed by atoms with E-state index in [9.17, 15) is 4.79 Å². The number of amides is 1. The zero-order valence-electron chi connectivity index (χ0n) is 10.4. The van der Waals surface area contributed by atoms with E-state index in [-0.39, 0.29) is 11.9 Å². The molecule has 1 aromatic rings. The van der Waals surface area contributed by atoms with E-state index >= 15 is 0 Å². The van der Waals surface area contributed by atoms with E-state index in [1.807, 2.05) is 19.1 Å². The van der Waals surface area contributed by atoms with Crippen LogP contribution in [0.3, 0.4) is 0 Å². The monoisotopic (exact) mass is 308 g/mol. The number of nitrogens with one attached hydrogen (secondary N) is 1. The molecule has 0 heterocycles. The van der Waals surface area contributed by atoms with Crippen molar-refractivity contribution in [3.05, 3.63) is 35.4 Å². The van der Waals surface area contributed by atoms with E-state index in [0.29, 0.717) is 12.0 Å². The van der Waals surface area contributed by atoms with Crippen LogP contribution in [0.25, 0.3) is 0 Å². The molecule has 0 saturated heterocycles. The molecule has 1 amide bonds. The van der Waals surface area contributed by atoms with Gasteiger partial charge in [-0.2, -0.15) is 5.26 Å². The maximum atomic E-state index is 11.6. The van der Waals surface area contributed by atoms with Crippen LogP contribution in [-0.2, 0) is 4.79 Å². The van der Waals surface area contributed by atoms with Gasteiger partial charge in [-0.1, -0.05) is 28.1 Å². The maximum absolute atomic E-state index is 11.6. The first-order chi connectivity index (χ1) is 8.67. The molecule has 0 spiro atoms. The lowest BCUT2D eigenvalue weighted by Gasteiger charge is -2.14. The molecular weight excluding hydrogens is 292 g/mol. The van der Waals surface area contributed by atoms with Gasteiger partial charge in [-0.15, -0.1) is 0 Å². The smallest absolute Gasteiger partial charge is 0.220 e. The fourth-order valence-corrected chi connectivity index (χ4v) is 2.02. The van der Waals surface area contributed by atoms with Crippen molar-refractivity contribution < 1.29 is 4.79 Å². The highest BCUT2D eigenvalue weighted by Gasteiger charge is 2.08. The average molecular weight is 309 g/mol. The third-order valence-corrected chi connectivity index (χ3v) is 3.27. The molecule has 0 aliphatic heterocycles. The molecule has 1 rings (SSSR count). The van der Waals surface area contributed by atoms with Crippen LogP contribution < -0.4 is 5.32 Å². The summed E-state index contributed by atoms with van der Waals surface area (Å²) in [7, 11) is 0. The zero-order chi connectivity index (χ0) is 13.4. The lowest BCUT2D eigenvalue weighted by atomic mass is 10.1. The first-order valence-corrected chi connectivity index (χ1v) is 7.15. The van der Waals surface area contributed by atoms with Gasteiger partial charge in [-0.05, 0) is 37.5 Å². The fourth-order valence-electron chi connectivity index (χ4n) is 1.62. The summed E-state index contributed by atoms with van der Waals surface area (Å²) in [6, 6.07) is 9.34. The van der Waals surface area contributed by atoms with Gasteiger partial charge in [0.1, 0.15) is 0 Å². The van der Waals surface area contributed by atoms with Crippen LogP contribution in [0, 0.1) is 11.3 Å². The Morgan fingerprint density at radius 2 is 2.06 bits per heavy atom. The minimum atomic E-state index is -0.0192. The van der Waals surface area contributed by atoms with Crippen LogP contribution in [-0.4, -0.2) is 11.2 Å². The maximum Gasteiger partial charge on any atom is 0.220 e. The minimum Gasteiger partial charge on any atom is -0.350 e. The number of halogens is 1. The van der Waals surface area contributed by atoms with Crippen LogP contribution in [0.5, 0.6) is 0 Å². The molecule has 1 aromatic carbocycles. The Balaban J connectivity index is 2.46. The normalized spacial score (nSPS) is 11.6. The third-order valence-electron chi connectivity index (χ3n) is 2.70. The molecule has 0 aromatic heterocycles. The number of carbonyl (C=O) groups excluding carboxylic acids is 1. The standard InChI is InChI=1S/C14H17BrN2O/c1-11(17-14(18)4-2-3-9-15)13-7-5-12(10-16)6-8-13/h5-8,11H,2-4,9H2,1H3,(H,17,18). The van der Waals surface area contributed by atoms with E-state index in [1.54, 1.807) is 12.1 Å². The Hall–Kier alpha value is -1.34. The highest BCUT2D eigenvalue weighted by molar-refractivity contribution is 9.09. The second-order valence-electron chi connectivity index (χ2n) is 4.17. The second kappa shape index (κ2) is 7.88. The van der Waals surface area contributed by atoms with Gasteiger partial charge in [0.25, 0.3) is 0 Å². The summed E-state index contributed by atoms with van der Waals surface area (Å²) >= 11 is 3.34. The van der Waals surface area contributed by atoms with E-state index in [0.717, 1.165) is 23.7 Å². The van der Waals surface area contributed by atoms with Gasteiger partial charge in [0.05, 0.1) is 17.7 Å². The Morgan fingerprint density at radius 3 is 2.61 bits per heavy atom. The molecule has 1 N–H and O–H groups in total. The number of nitrogens with zero attached hydrogens (tertiary/aromatic N) is 1. The Labute approximate surface area is 116 Å². The van der Waals surface area contributed by atoms with Crippen LogP contribution in [0.1, 0.15) is 43.4 Å². The summed E-state index contributed by atoms with van der Waals surface area (Å²) in [4.78, 5) is 11.6. The van der Waals surface area contributed by atoms with Crippen LogP contribution >= 0.6 is 15.9 Å². The molecule has 0 saturated carbocycles. The van der Waals surface area contributed by atoms with Crippen molar-refractivity contribution in [3.63, 3.8) is 0 Å². The molecule has 1 unspecified atom stereocenters. The highest BCUT2D eigenvalue weighted by atomic mass is 79.9. The number of rotatable bonds is 6. The number of unbranched alkanes of at least 4 members (excludes halogenated alkanes) is 1. The zero-order valence-corrected chi connectivity index (χ0v) is 12.0. The summed E-state index contributed by atoms with van der Waals surface area (Å²) in [6.07, 6.45) is 2.47. The van der Waals surface area contributed by atoms with Gasteiger partial charge in [0, 0.05) is 11.8 Å². The van der Waals surface area contributed by atoms with Crippen molar-refractivity contribution in [1.29, 1.82) is 5.26 Å². The SMILES string of the molecule is CC(NC(=O)CCCCBr)c1ccc(C#N)cc1. The summed E-state index contributed by atoms with van der Waals surface area (Å²) in [5.41, 5.74) is 1.65. The van der Waals surface area contributed by atoms with Crippen molar-refractivity contribution >= 4 is 21.8 Å². The number of hydrogen-bond donors (Lipinski definition) is 1. The summed E-state index contributed by atoms with van der Waals surface area (Å²) in [5.74, 6) is 0.0767. The van der Waals surface area contributed by atoms with Crippen molar-refractivity contribution in [2.45, 2.75) is 32.2 Å². The van der Waals surface area contributed by atoms with E-state index in [1.165, 1.54) is 0 Å². The lowest BCUT2D eigenvalue weighted by molar-refractivity contribution is -0.121.